The molecule has 17 heavy (non-hydrogen) atoms. The molecule has 0 radical (unpaired) electrons. The van der Waals surface area contributed by atoms with Crippen LogP contribution in [-0.2, 0) is 4.79 Å². The molecule has 0 spiro atoms. The van der Waals surface area contributed by atoms with E-state index in [1.54, 1.807) is 18.2 Å². The molecule has 0 aliphatic heterocycles. The van der Waals surface area contributed by atoms with Crippen LogP contribution in [0.4, 0.5) is 5.69 Å². The number of rotatable bonds is 3. The SMILES string of the molecule is COc1ccc(C=O)cc1NC(=O)C(C)(C)C. The zero-order valence-electron chi connectivity index (χ0n) is 10.5. The van der Waals surface area contributed by atoms with E-state index in [0.717, 1.165) is 6.29 Å². The lowest BCUT2D eigenvalue weighted by molar-refractivity contribution is -0.123. The lowest BCUT2D eigenvalue weighted by atomic mass is 9.95. The number of aldehydes is 1. The number of nitrogens with one attached hydrogen (secondary N) is 1. The first kappa shape index (κ1) is 13.2. The van der Waals surface area contributed by atoms with Gasteiger partial charge in [-0.25, -0.2) is 0 Å². The minimum Gasteiger partial charge on any atom is -0.495 e. The summed E-state index contributed by atoms with van der Waals surface area (Å²) in [7, 11) is 1.52. The van der Waals surface area contributed by atoms with Gasteiger partial charge in [-0.1, -0.05) is 20.8 Å². The molecule has 0 heterocycles. The van der Waals surface area contributed by atoms with Gasteiger partial charge in [-0.3, -0.25) is 9.59 Å². The van der Waals surface area contributed by atoms with Crippen LogP contribution in [0.3, 0.4) is 0 Å². The van der Waals surface area contributed by atoms with E-state index in [1.807, 2.05) is 20.8 Å². The van der Waals surface area contributed by atoms with Crippen molar-refractivity contribution in [3.8, 4) is 5.75 Å². The Kier molecular flexibility index (Phi) is 3.89. The maximum Gasteiger partial charge on any atom is 0.229 e. The van der Waals surface area contributed by atoms with E-state index in [4.69, 9.17) is 4.74 Å². The zero-order valence-corrected chi connectivity index (χ0v) is 10.5. The maximum absolute atomic E-state index is 11.8. The highest BCUT2D eigenvalue weighted by Crippen LogP contribution is 2.27. The van der Waals surface area contributed by atoms with Crippen LogP contribution in [0.2, 0.25) is 0 Å². The quantitative estimate of drug-likeness (QED) is 0.819. The molecular weight excluding hydrogens is 218 g/mol. The van der Waals surface area contributed by atoms with Gasteiger partial charge >= 0.3 is 0 Å². The number of anilines is 1. The smallest absolute Gasteiger partial charge is 0.229 e. The molecule has 0 saturated carbocycles. The van der Waals surface area contributed by atoms with Crippen molar-refractivity contribution in [2.24, 2.45) is 5.41 Å². The summed E-state index contributed by atoms with van der Waals surface area (Å²) in [5.41, 5.74) is 0.509. The van der Waals surface area contributed by atoms with Crippen LogP contribution in [-0.4, -0.2) is 19.3 Å². The lowest BCUT2D eigenvalue weighted by Crippen LogP contribution is -2.27. The number of benzene rings is 1. The third-order valence-electron chi connectivity index (χ3n) is 2.29. The second kappa shape index (κ2) is 4.99. The summed E-state index contributed by atoms with van der Waals surface area (Å²) in [5, 5.41) is 2.75. The Balaban J connectivity index is 3.03. The number of ether oxygens (including phenoxy) is 1. The Morgan fingerprint density at radius 2 is 2.00 bits per heavy atom. The van der Waals surface area contributed by atoms with Crippen LogP contribution in [0, 0.1) is 5.41 Å². The second-order valence-corrected chi connectivity index (χ2v) is 4.78. The fourth-order valence-electron chi connectivity index (χ4n) is 1.21. The summed E-state index contributed by atoms with van der Waals surface area (Å²) in [6.07, 6.45) is 0.728. The first-order valence-corrected chi connectivity index (χ1v) is 5.33. The van der Waals surface area contributed by atoms with Gasteiger partial charge in [0.25, 0.3) is 0 Å². The number of amides is 1. The predicted octanol–water partition coefficient (Wildman–Crippen LogP) is 2.49. The molecule has 0 aliphatic carbocycles. The number of hydrogen-bond acceptors (Lipinski definition) is 3. The molecule has 1 amide bonds. The topological polar surface area (TPSA) is 55.4 Å². The van der Waals surface area contributed by atoms with Gasteiger partial charge in [0, 0.05) is 11.0 Å². The molecule has 1 N–H and O–H groups in total. The molecule has 92 valence electrons. The minimum absolute atomic E-state index is 0.126. The zero-order chi connectivity index (χ0) is 13.1. The average Bonchev–Trinajstić information content (AvgIpc) is 2.27. The first-order chi connectivity index (χ1) is 7.88. The molecule has 0 aromatic heterocycles. The molecule has 0 bridgehead atoms. The minimum atomic E-state index is -0.498. The molecule has 4 heteroatoms. The van der Waals surface area contributed by atoms with Gasteiger partial charge in [-0.2, -0.15) is 0 Å². The van der Waals surface area contributed by atoms with Gasteiger partial charge in [0.2, 0.25) is 5.91 Å². The van der Waals surface area contributed by atoms with Crippen molar-refractivity contribution in [1.82, 2.24) is 0 Å². The van der Waals surface area contributed by atoms with E-state index in [0.29, 0.717) is 17.0 Å². The molecule has 1 aromatic rings. The summed E-state index contributed by atoms with van der Waals surface area (Å²) < 4.78 is 5.13. The van der Waals surface area contributed by atoms with Crippen LogP contribution in [0.5, 0.6) is 5.75 Å². The Morgan fingerprint density at radius 3 is 2.47 bits per heavy atom. The highest BCUT2D eigenvalue weighted by atomic mass is 16.5. The van der Waals surface area contributed by atoms with Crippen molar-refractivity contribution in [3.63, 3.8) is 0 Å². The van der Waals surface area contributed by atoms with Crippen LogP contribution in [0.25, 0.3) is 0 Å². The third-order valence-corrected chi connectivity index (χ3v) is 2.29. The molecule has 4 nitrogen and oxygen atoms in total. The van der Waals surface area contributed by atoms with E-state index < -0.39 is 5.41 Å². The number of carbonyl (C=O) groups excluding carboxylic acids is 2. The fourth-order valence-corrected chi connectivity index (χ4v) is 1.21. The first-order valence-electron chi connectivity index (χ1n) is 5.33. The van der Waals surface area contributed by atoms with Gasteiger partial charge in [-0.05, 0) is 18.2 Å². The van der Waals surface area contributed by atoms with E-state index in [-0.39, 0.29) is 5.91 Å². The van der Waals surface area contributed by atoms with E-state index >= 15 is 0 Å². The highest BCUT2D eigenvalue weighted by Gasteiger charge is 2.22. The molecular formula is C13H17NO3. The summed E-state index contributed by atoms with van der Waals surface area (Å²) in [6.45, 7) is 5.45. The summed E-state index contributed by atoms with van der Waals surface area (Å²) >= 11 is 0. The Labute approximate surface area is 101 Å². The Morgan fingerprint density at radius 1 is 1.35 bits per heavy atom. The molecule has 1 rings (SSSR count). The molecule has 0 aliphatic rings. The highest BCUT2D eigenvalue weighted by molar-refractivity contribution is 5.96. The van der Waals surface area contributed by atoms with Crippen molar-refractivity contribution in [2.75, 3.05) is 12.4 Å². The number of carbonyl (C=O) groups is 2. The van der Waals surface area contributed by atoms with Crippen LogP contribution in [0.15, 0.2) is 18.2 Å². The molecule has 0 atom stereocenters. The maximum atomic E-state index is 11.8. The predicted molar refractivity (Wildman–Crippen MR) is 66.5 cm³/mol. The van der Waals surface area contributed by atoms with Crippen molar-refractivity contribution in [3.05, 3.63) is 23.8 Å². The molecule has 0 saturated heterocycles. The van der Waals surface area contributed by atoms with Gasteiger partial charge in [0.05, 0.1) is 12.8 Å². The standard InChI is InChI=1S/C13H17NO3/c1-13(2,3)12(16)14-10-7-9(8-15)5-6-11(10)17-4/h5-8H,1-4H3,(H,14,16). The fraction of sp³-hybridized carbons (Fsp3) is 0.385. The monoisotopic (exact) mass is 235 g/mol. The normalized spacial score (nSPS) is 10.8. The largest absolute Gasteiger partial charge is 0.495 e. The molecule has 0 fully saturated rings. The van der Waals surface area contributed by atoms with Gasteiger partial charge in [-0.15, -0.1) is 0 Å². The van der Waals surface area contributed by atoms with E-state index in [9.17, 15) is 9.59 Å². The van der Waals surface area contributed by atoms with Crippen LogP contribution in [0.1, 0.15) is 31.1 Å². The summed E-state index contributed by atoms with van der Waals surface area (Å²) in [6, 6.07) is 4.88. The van der Waals surface area contributed by atoms with Crippen molar-refractivity contribution in [2.45, 2.75) is 20.8 Å². The van der Waals surface area contributed by atoms with Crippen molar-refractivity contribution < 1.29 is 14.3 Å². The van der Waals surface area contributed by atoms with Crippen molar-refractivity contribution >= 4 is 17.9 Å². The second-order valence-electron chi connectivity index (χ2n) is 4.78. The average molecular weight is 235 g/mol. The van der Waals surface area contributed by atoms with Crippen LogP contribution >= 0.6 is 0 Å². The van der Waals surface area contributed by atoms with Gasteiger partial charge < -0.3 is 10.1 Å². The van der Waals surface area contributed by atoms with Gasteiger partial charge in [0.1, 0.15) is 12.0 Å². The number of methoxy groups -OCH3 is 1. The third kappa shape index (κ3) is 3.31. The summed E-state index contributed by atoms with van der Waals surface area (Å²) in [5.74, 6) is 0.409. The van der Waals surface area contributed by atoms with Crippen LogP contribution < -0.4 is 10.1 Å². The lowest BCUT2D eigenvalue weighted by Gasteiger charge is -2.19. The van der Waals surface area contributed by atoms with Crippen molar-refractivity contribution in [1.29, 1.82) is 0 Å². The van der Waals surface area contributed by atoms with Gasteiger partial charge in [0.15, 0.2) is 0 Å². The number of hydrogen-bond donors (Lipinski definition) is 1. The molecule has 0 unspecified atom stereocenters. The molecule has 1 aromatic carbocycles. The Hall–Kier alpha value is -1.84. The Bertz CT molecular complexity index is 433. The van der Waals surface area contributed by atoms with E-state index in [2.05, 4.69) is 5.32 Å². The van der Waals surface area contributed by atoms with E-state index in [1.165, 1.54) is 7.11 Å². The summed E-state index contributed by atoms with van der Waals surface area (Å²) in [4.78, 5) is 22.5.